The largest absolute Gasteiger partial charge is 0.484 e. The molecule has 0 aliphatic heterocycles. The second-order valence-electron chi connectivity index (χ2n) is 7.71. The van der Waals surface area contributed by atoms with E-state index in [4.69, 9.17) is 25.5 Å². The van der Waals surface area contributed by atoms with Gasteiger partial charge in [-0.05, 0) is 67.8 Å². The Labute approximate surface area is 195 Å². The molecule has 0 aliphatic carbocycles. The summed E-state index contributed by atoms with van der Waals surface area (Å²) in [6.45, 7) is 5.47. The monoisotopic (exact) mass is 463 g/mol. The fourth-order valence-corrected chi connectivity index (χ4v) is 3.44. The summed E-state index contributed by atoms with van der Waals surface area (Å²) >= 11 is 6.08. The lowest BCUT2D eigenvalue weighted by atomic mass is 10.1. The molecular formula is C26H22ClNO5. The van der Waals surface area contributed by atoms with Gasteiger partial charge < -0.3 is 19.2 Å². The van der Waals surface area contributed by atoms with Crippen molar-refractivity contribution in [3.8, 4) is 17.2 Å². The van der Waals surface area contributed by atoms with Gasteiger partial charge in [0.15, 0.2) is 6.61 Å². The molecule has 0 fully saturated rings. The van der Waals surface area contributed by atoms with Crippen LogP contribution < -0.4 is 20.2 Å². The van der Waals surface area contributed by atoms with Gasteiger partial charge in [0, 0.05) is 16.8 Å². The van der Waals surface area contributed by atoms with E-state index < -0.39 is 0 Å². The number of carbonyl (C=O) groups excluding carboxylic acids is 1. The number of amides is 1. The summed E-state index contributed by atoms with van der Waals surface area (Å²) in [5.41, 5.74) is 3.37. The predicted octanol–water partition coefficient (Wildman–Crippen LogP) is 6.18. The highest BCUT2D eigenvalue weighted by Crippen LogP contribution is 2.27. The molecule has 0 saturated heterocycles. The molecule has 168 valence electrons. The first kappa shape index (κ1) is 22.4. The zero-order chi connectivity index (χ0) is 23.5. The van der Waals surface area contributed by atoms with Crippen LogP contribution in [0, 0.1) is 20.8 Å². The maximum atomic E-state index is 12.9. The van der Waals surface area contributed by atoms with Gasteiger partial charge in [-0.2, -0.15) is 0 Å². The van der Waals surface area contributed by atoms with E-state index in [9.17, 15) is 9.59 Å². The van der Waals surface area contributed by atoms with Gasteiger partial charge in [-0.1, -0.05) is 29.8 Å². The second-order valence-corrected chi connectivity index (χ2v) is 8.11. The summed E-state index contributed by atoms with van der Waals surface area (Å²) in [5, 5.41) is 3.69. The van der Waals surface area contributed by atoms with Crippen molar-refractivity contribution in [2.45, 2.75) is 20.8 Å². The zero-order valence-corrected chi connectivity index (χ0v) is 19.2. The van der Waals surface area contributed by atoms with Crippen molar-refractivity contribution >= 4 is 34.2 Å². The van der Waals surface area contributed by atoms with E-state index in [0.717, 1.165) is 16.7 Å². The maximum absolute atomic E-state index is 12.9. The molecule has 4 aromatic rings. The average Bonchev–Trinajstić information content (AvgIpc) is 2.79. The summed E-state index contributed by atoms with van der Waals surface area (Å²) in [4.78, 5) is 25.1. The number of hydrogen-bond donors (Lipinski definition) is 1. The molecule has 4 rings (SSSR count). The number of anilines is 1. The van der Waals surface area contributed by atoms with Crippen LogP contribution in [0.5, 0.6) is 17.2 Å². The number of nitrogens with one attached hydrogen (secondary N) is 1. The molecule has 0 aliphatic rings. The Morgan fingerprint density at radius 3 is 2.67 bits per heavy atom. The molecule has 0 saturated carbocycles. The van der Waals surface area contributed by atoms with Gasteiger partial charge in [-0.3, -0.25) is 9.59 Å². The van der Waals surface area contributed by atoms with Gasteiger partial charge in [0.1, 0.15) is 23.3 Å². The molecule has 0 unspecified atom stereocenters. The fraction of sp³-hybridized carbons (Fsp3) is 0.154. The van der Waals surface area contributed by atoms with Crippen molar-refractivity contribution in [1.29, 1.82) is 0 Å². The molecule has 0 radical (unpaired) electrons. The van der Waals surface area contributed by atoms with Gasteiger partial charge in [0.25, 0.3) is 5.91 Å². The molecule has 6 nitrogen and oxygen atoms in total. The fourth-order valence-electron chi connectivity index (χ4n) is 3.26. The molecule has 0 bridgehead atoms. The van der Waals surface area contributed by atoms with Crippen molar-refractivity contribution in [3.05, 3.63) is 92.8 Å². The Bertz CT molecular complexity index is 1410. The average molecular weight is 464 g/mol. The maximum Gasteiger partial charge on any atom is 0.262 e. The van der Waals surface area contributed by atoms with Crippen LogP contribution in [0.25, 0.3) is 11.0 Å². The van der Waals surface area contributed by atoms with E-state index in [1.807, 2.05) is 39.0 Å². The SMILES string of the molecule is Cc1ccc(C)c(Oc2coc3cc(OCC(=O)Nc4cccc(Cl)c4C)ccc3c2=O)c1. The molecule has 1 amide bonds. The number of ether oxygens (including phenoxy) is 2. The van der Waals surface area contributed by atoms with Crippen LogP contribution in [0.2, 0.25) is 5.02 Å². The third-order valence-electron chi connectivity index (χ3n) is 5.19. The molecule has 0 atom stereocenters. The molecule has 7 heteroatoms. The smallest absolute Gasteiger partial charge is 0.262 e. The predicted molar refractivity (Wildman–Crippen MR) is 129 cm³/mol. The van der Waals surface area contributed by atoms with Crippen LogP contribution >= 0.6 is 11.6 Å². The van der Waals surface area contributed by atoms with Crippen molar-refractivity contribution in [2.24, 2.45) is 0 Å². The summed E-state index contributed by atoms with van der Waals surface area (Å²) in [6, 6.07) is 15.8. The van der Waals surface area contributed by atoms with E-state index >= 15 is 0 Å². The van der Waals surface area contributed by atoms with Crippen molar-refractivity contribution in [1.82, 2.24) is 0 Å². The van der Waals surface area contributed by atoms with E-state index in [2.05, 4.69) is 5.32 Å². The lowest BCUT2D eigenvalue weighted by Gasteiger charge is -2.11. The number of halogens is 1. The van der Waals surface area contributed by atoms with Crippen LogP contribution in [0.4, 0.5) is 5.69 Å². The Morgan fingerprint density at radius 2 is 1.85 bits per heavy atom. The van der Waals surface area contributed by atoms with Crippen molar-refractivity contribution in [3.63, 3.8) is 0 Å². The molecule has 1 heterocycles. The summed E-state index contributed by atoms with van der Waals surface area (Å²) in [5.74, 6) is 0.759. The quantitative estimate of drug-likeness (QED) is 0.369. The van der Waals surface area contributed by atoms with Gasteiger partial charge in [-0.15, -0.1) is 0 Å². The first-order valence-electron chi connectivity index (χ1n) is 10.3. The van der Waals surface area contributed by atoms with Gasteiger partial charge >= 0.3 is 0 Å². The van der Waals surface area contributed by atoms with Crippen LogP contribution in [0.15, 0.2) is 70.1 Å². The first-order chi connectivity index (χ1) is 15.8. The summed E-state index contributed by atoms with van der Waals surface area (Å²) in [6.07, 6.45) is 1.28. The third-order valence-corrected chi connectivity index (χ3v) is 5.60. The van der Waals surface area contributed by atoms with Crippen LogP contribution in [0.1, 0.15) is 16.7 Å². The zero-order valence-electron chi connectivity index (χ0n) is 18.4. The highest BCUT2D eigenvalue weighted by Gasteiger charge is 2.13. The minimum Gasteiger partial charge on any atom is -0.484 e. The van der Waals surface area contributed by atoms with Gasteiger partial charge in [0.05, 0.1) is 5.39 Å². The van der Waals surface area contributed by atoms with Crippen molar-refractivity contribution < 1.29 is 18.7 Å². The highest BCUT2D eigenvalue weighted by molar-refractivity contribution is 6.31. The first-order valence-corrected chi connectivity index (χ1v) is 10.7. The van der Waals surface area contributed by atoms with Gasteiger partial charge in [0.2, 0.25) is 11.2 Å². The van der Waals surface area contributed by atoms with Crippen LogP contribution in [-0.2, 0) is 4.79 Å². The number of benzene rings is 3. The standard InChI is InChI=1S/C26H22ClNO5/c1-15-7-8-16(2)22(11-15)33-24-13-32-23-12-18(9-10-19(23)26(24)30)31-14-25(29)28-21-6-4-5-20(27)17(21)3/h4-13H,14H2,1-3H3,(H,28,29). The van der Waals surface area contributed by atoms with Gasteiger partial charge in [-0.25, -0.2) is 0 Å². The van der Waals surface area contributed by atoms with Crippen LogP contribution in [-0.4, -0.2) is 12.5 Å². The highest BCUT2D eigenvalue weighted by atomic mass is 35.5. The number of aryl methyl sites for hydroxylation is 2. The Hall–Kier alpha value is -3.77. The molecule has 33 heavy (non-hydrogen) atoms. The minimum absolute atomic E-state index is 0.0983. The van der Waals surface area contributed by atoms with Crippen molar-refractivity contribution in [2.75, 3.05) is 11.9 Å². The summed E-state index contributed by atoms with van der Waals surface area (Å²) < 4.78 is 17.0. The number of rotatable bonds is 6. The normalized spacial score (nSPS) is 10.8. The Morgan fingerprint density at radius 1 is 1.03 bits per heavy atom. The van der Waals surface area contributed by atoms with Crippen LogP contribution in [0.3, 0.4) is 0 Å². The van der Waals surface area contributed by atoms with E-state index in [1.165, 1.54) is 6.26 Å². The number of hydrogen-bond acceptors (Lipinski definition) is 5. The molecule has 3 aromatic carbocycles. The van der Waals surface area contributed by atoms with E-state index in [0.29, 0.717) is 33.2 Å². The Balaban J connectivity index is 1.48. The molecule has 1 N–H and O–H groups in total. The number of fused-ring (bicyclic) bond motifs is 1. The third kappa shape index (κ3) is 5.02. The Kier molecular flexibility index (Phi) is 6.38. The molecule has 1 aromatic heterocycles. The number of carbonyl (C=O) groups is 1. The van der Waals surface area contributed by atoms with E-state index in [1.54, 1.807) is 36.4 Å². The molecule has 0 spiro atoms. The minimum atomic E-state index is -0.334. The van der Waals surface area contributed by atoms with E-state index in [-0.39, 0.29) is 23.7 Å². The summed E-state index contributed by atoms with van der Waals surface area (Å²) in [7, 11) is 0. The lowest BCUT2D eigenvalue weighted by molar-refractivity contribution is -0.118. The topological polar surface area (TPSA) is 77.8 Å². The second kappa shape index (κ2) is 9.38. The lowest BCUT2D eigenvalue weighted by Crippen LogP contribution is -2.20. The molecular weight excluding hydrogens is 442 g/mol.